The van der Waals surface area contributed by atoms with E-state index < -0.39 is 0 Å². The van der Waals surface area contributed by atoms with Crippen molar-refractivity contribution < 1.29 is 4.74 Å². The lowest BCUT2D eigenvalue weighted by Gasteiger charge is -2.30. The van der Waals surface area contributed by atoms with Crippen molar-refractivity contribution in [1.82, 2.24) is 15.1 Å². The SMILES string of the molecule is CCNC(=NCCN(C(C)C)C(C)C)N(C)CCC1CCOCC1. The Morgan fingerprint density at radius 3 is 2.29 bits per heavy atom. The van der Waals surface area contributed by atoms with Crippen LogP contribution in [-0.4, -0.2) is 74.3 Å². The highest BCUT2D eigenvalue weighted by molar-refractivity contribution is 5.79. The minimum Gasteiger partial charge on any atom is -0.381 e. The summed E-state index contributed by atoms with van der Waals surface area (Å²) >= 11 is 0. The van der Waals surface area contributed by atoms with Crippen LogP contribution in [0.15, 0.2) is 4.99 Å². The summed E-state index contributed by atoms with van der Waals surface area (Å²) in [5, 5.41) is 3.44. The first kappa shape index (κ1) is 21.2. The molecule has 1 fully saturated rings. The van der Waals surface area contributed by atoms with Gasteiger partial charge in [0.2, 0.25) is 0 Å². The van der Waals surface area contributed by atoms with Crippen molar-refractivity contribution in [1.29, 1.82) is 0 Å². The number of ether oxygens (including phenoxy) is 1. The smallest absolute Gasteiger partial charge is 0.193 e. The third-order valence-electron chi connectivity index (χ3n) is 4.86. The minimum atomic E-state index is 0.564. The fourth-order valence-electron chi connectivity index (χ4n) is 3.37. The van der Waals surface area contributed by atoms with Gasteiger partial charge in [-0.05, 0) is 59.8 Å². The second-order valence-corrected chi connectivity index (χ2v) is 7.43. The van der Waals surface area contributed by atoms with Gasteiger partial charge in [0.05, 0.1) is 6.54 Å². The first-order valence-corrected chi connectivity index (χ1v) is 9.78. The minimum absolute atomic E-state index is 0.564. The first-order valence-electron chi connectivity index (χ1n) is 9.78. The maximum atomic E-state index is 5.45. The van der Waals surface area contributed by atoms with Crippen LogP contribution in [0.4, 0.5) is 0 Å². The van der Waals surface area contributed by atoms with E-state index in [9.17, 15) is 0 Å². The Bertz CT molecular complexity index is 343. The van der Waals surface area contributed by atoms with Crippen LogP contribution in [0.1, 0.15) is 53.9 Å². The average Bonchev–Trinajstić information content (AvgIpc) is 2.55. The number of rotatable bonds is 9. The van der Waals surface area contributed by atoms with Gasteiger partial charge in [-0.25, -0.2) is 0 Å². The fourth-order valence-corrected chi connectivity index (χ4v) is 3.37. The predicted octanol–water partition coefficient (Wildman–Crippen LogP) is 2.82. The molecule has 0 radical (unpaired) electrons. The molecule has 0 saturated carbocycles. The predicted molar refractivity (Wildman–Crippen MR) is 104 cm³/mol. The zero-order valence-corrected chi connectivity index (χ0v) is 16.8. The van der Waals surface area contributed by atoms with Crippen molar-refractivity contribution in [3.63, 3.8) is 0 Å². The number of aliphatic imine (C=N–C) groups is 1. The molecule has 1 N–H and O–H groups in total. The topological polar surface area (TPSA) is 40.1 Å². The van der Waals surface area contributed by atoms with E-state index in [1.807, 2.05) is 0 Å². The standard InChI is InChI=1S/C19H40N4O/c1-7-20-19(21-11-13-23(16(2)3)17(4)5)22(6)12-8-18-9-14-24-15-10-18/h16-18H,7-15H2,1-6H3,(H,20,21). The van der Waals surface area contributed by atoms with Gasteiger partial charge in [-0.1, -0.05) is 0 Å². The molecule has 1 saturated heterocycles. The van der Waals surface area contributed by atoms with Crippen LogP contribution in [0.3, 0.4) is 0 Å². The third kappa shape index (κ3) is 7.84. The van der Waals surface area contributed by atoms with E-state index in [1.54, 1.807) is 0 Å². The number of nitrogens with zero attached hydrogens (tertiary/aromatic N) is 3. The Labute approximate surface area is 149 Å². The largest absolute Gasteiger partial charge is 0.381 e. The van der Waals surface area contributed by atoms with Gasteiger partial charge in [-0.15, -0.1) is 0 Å². The summed E-state index contributed by atoms with van der Waals surface area (Å²) in [6.07, 6.45) is 3.65. The van der Waals surface area contributed by atoms with E-state index in [0.717, 1.165) is 51.3 Å². The second kappa shape index (κ2) is 11.7. The molecule has 1 aliphatic heterocycles. The van der Waals surface area contributed by atoms with Gasteiger partial charge < -0.3 is 15.0 Å². The molecule has 0 bridgehead atoms. The molecule has 0 atom stereocenters. The van der Waals surface area contributed by atoms with Crippen LogP contribution in [-0.2, 0) is 4.74 Å². The molecule has 5 heteroatoms. The summed E-state index contributed by atoms with van der Waals surface area (Å²) in [4.78, 5) is 9.63. The molecule has 0 amide bonds. The van der Waals surface area contributed by atoms with E-state index in [-0.39, 0.29) is 0 Å². The molecule has 0 aromatic rings. The molecule has 0 unspecified atom stereocenters. The molecular formula is C19H40N4O. The lowest BCUT2D eigenvalue weighted by molar-refractivity contribution is 0.0625. The fraction of sp³-hybridized carbons (Fsp3) is 0.947. The molecule has 0 spiro atoms. The van der Waals surface area contributed by atoms with Gasteiger partial charge in [0, 0.05) is 52.0 Å². The average molecular weight is 341 g/mol. The Balaban J connectivity index is 2.47. The van der Waals surface area contributed by atoms with Crippen LogP contribution < -0.4 is 5.32 Å². The van der Waals surface area contributed by atoms with Gasteiger partial charge in [-0.2, -0.15) is 0 Å². The van der Waals surface area contributed by atoms with Gasteiger partial charge in [0.15, 0.2) is 5.96 Å². The lowest BCUT2D eigenvalue weighted by atomic mass is 9.96. The summed E-state index contributed by atoms with van der Waals surface area (Å²) in [5.74, 6) is 1.85. The van der Waals surface area contributed by atoms with Gasteiger partial charge in [0.1, 0.15) is 0 Å². The van der Waals surface area contributed by atoms with Crippen molar-refractivity contribution in [3.8, 4) is 0 Å². The zero-order valence-electron chi connectivity index (χ0n) is 16.8. The highest BCUT2D eigenvalue weighted by Crippen LogP contribution is 2.18. The molecule has 24 heavy (non-hydrogen) atoms. The molecule has 5 nitrogen and oxygen atoms in total. The van der Waals surface area contributed by atoms with Crippen LogP contribution in [0, 0.1) is 5.92 Å². The molecule has 1 aliphatic rings. The highest BCUT2D eigenvalue weighted by Gasteiger charge is 2.16. The van der Waals surface area contributed by atoms with E-state index in [0.29, 0.717) is 12.1 Å². The van der Waals surface area contributed by atoms with Crippen molar-refractivity contribution in [2.45, 2.75) is 66.0 Å². The second-order valence-electron chi connectivity index (χ2n) is 7.43. The zero-order chi connectivity index (χ0) is 17.9. The molecule has 0 aromatic heterocycles. The monoisotopic (exact) mass is 340 g/mol. The molecule has 1 heterocycles. The first-order chi connectivity index (χ1) is 11.5. The van der Waals surface area contributed by atoms with Gasteiger partial charge in [0.25, 0.3) is 0 Å². The quantitative estimate of drug-likeness (QED) is 0.517. The Morgan fingerprint density at radius 1 is 1.12 bits per heavy atom. The van der Waals surface area contributed by atoms with Crippen molar-refractivity contribution >= 4 is 5.96 Å². The maximum Gasteiger partial charge on any atom is 0.193 e. The Hall–Kier alpha value is -0.810. The number of nitrogens with one attached hydrogen (secondary N) is 1. The van der Waals surface area contributed by atoms with E-state index in [1.165, 1.54) is 19.3 Å². The summed E-state index contributed by atoms with van der Waals surface area (Å²) in [6.45, 7) is 16.9. The van der Waals surface area contributed by atoms with Crippen LogP contribution in [0.5, 0.6) is 0 Å². The normalized spacial score (nSPS) is 17.1. The van der Waals surface area contributed by atoms with Gasteiger partial charge >= 0.3 is 0 Å². The summed E-state index contributed by atoms with van der Waals surface area (Å²) < 4.78 is 5.45. The number of guanidine groups is 1. The van der Waals surface area contributed by atoms with Crippen molar-refractivity contribution in [3.05, 3.63) is 0 Å². The summed E-state index contributed by atoms with van der Waals surface area (Å²) in [6, 6.07) is 1.13. The lowest BCUT2D eigenvalue weighted by Crippen LogP contribution is -2.42. The Kier molecular flexibility index (Phi) is 10.3. The van der Waals surface area contributed by atoms with Crippen LogP contribution in [0.25, 0.3) is 0 Å². The molecular weight excluding hydrogens is 300 g/mol. The summed E-state index contributed by atoms with van der Waals surface area (Å²) in [7, 11) is 2.16. The van der Waals surface area contributed by atoms with E-state index in [4.69, 9.17) is 9.73 Å². The van der Waals surface area contributed by atoms with Crippen LogP contribution in [0.2, 0.25) is 0 Å². The van der Waals surface area contributed by atoms with Gasteiger partial charge in [-0.3, -0.25) is 9.89 Å². The number of hydrogen-bond donors (Lipinski definition) is 1. The van der Waals surface area contributed by atoms with Crippen LogP contribution >= 0.6 is 0 Å². The molecule has 1 rings (SSSR count). The third-order valence-corrected chi connectivity index (χ3v) is 4.86. The maximum absolute atomic E-state index is 5.45. The highest BCUT2D eigenvalue weighted by atomic mass is 16.5. The Morgan fingerprint density at radius 2 is 1.75 bits per heavy atom. The summed E-state index contributed by atoms with van der Waals surface area (Å²) in [5.41, 5.74) is 0. The molecule has 0 aromatic carbocycles. The van der Waals surface area contributed by atoms with Crippen molar-refractivity contribution in [2.75, 3.05) is 46.4 Å². The molecule has 142 valence electrons. The van der Waals surface area contributed by atoms with E-state index >= 15 is 0 Å². The molecule has 0 aliphatic carbocycles. The van der Waals surface area contributed by atoms with Crippen molar-refractivity contribution in [2.24, 2.45) is 10.9 Å². The van der Waals surface area contributed by atoms with E-state index in [2.05, 4.69) is 56.8 Å². The number of hydrogen-bond acceptors (Lipinski definition) is 3.